The van der Waals surface area contributed by atoms with E-state index in [4.69, 9.17) is 5.73 Å². The zero-order chi connectivity index (χ0) is 28.7. The Morgan fingerprint density at radius 2 is 2.24 bits per heavy atom. The number of rotatable bonds is 8. The molecule has 3 atom stereocenters. The zero-order valence-electron chi connectivity index (χ0n) is 20.6. The highest BCUT2D eigenvalue weighted by atomic mass is 32.2. The van der Waals surface area contributed by atoms with E-state index in [0.29, 0.717) is 17.1 Å². The van der Waals surface area contributed by atoms with Crippen molar-refractivity contribution in [3.63, 3.8) is 0 Å². The van der Waals surface area contributed by atoms with E-state index in [1.165, 1.54) is 35.3 Å². The topological polar surface area (TPSA) is 207 Å². The van der Waals surface area contributed by atoms with Gasteiger partial charge in [-0.3, -0.25) is 14.5 Å². The maximum atomic E-state index is 13.0. The Morgan fingerprint density at radius 3 is 2.95 bits per heavy atom. The predicted molar refractivity (Wildman–Crippen MR) is 152 cm³/mol. The van der Waals surface area contributed by atoms with Crippen LogP contribution in [-0.2, 0) is 14.4 Å². The van der Waals surface area contributed by atoms with Gasteiger partial charge in [-0.1, -0.05) is 5.16 Å². The SMILES string of the molecule is Nc1nc(/C(=N/O)C(=O)N[C@@H]2C(=O)N3C(C(=O)[O-])=C(CSC4C=NC([n+]5ccn6ncccc65)=CS4)CSC23)ns1. The number of nitrogens with two attached hydrogens (primary N) is 1. The van der Waals surface area contributed by atoms with Gasteiger partial charge in [0.25, 0.3) is 23.3 Å². The maximum Gasteiger partial charge on any atom is 0.278 e. The fourth-order valence-corrected chi connectivity index (χ4v) is 8.22. The third kappa shape index (κ3) is 5.04. The van der Waals surface area contributed by atoms with Gasteiger partial charge in [0, 0.05) is 34.5 Å². The first-order chi connectivity index (χ1) is 19.9. The number of nitrogens with zero attached hydrogens (tertiary/aromatic N) is 8. The molecular formula is C22H18N10O5S4. The number of oxime groups is 1. The highest BCUT2D eigenvalue weighted by Gasteiger charge is 2.53. The lowest BCUT2D eigenvalue weighted by molar-refractivity contribution is -0.553. The molecule has 2 amide bonds. The van der Waals surface area contributed by atoms with Crippen LogP contribution in [0.15, 0.2) is 57.5 Å². The molecule has 0 spiro atoms. The summed E-state index contributed by atoms with van der Waals surface area (Å²) in [6.07, 6.45) is 7.19. The molecule has 1 fully saturated rings. The first-order valence-corrected chi connectivity index (χ1v) is 15.5. The van der Waals surface area contributed by atoms with E-state index < -0.39 is 34.9 Å². The minimum Gasteiger partial charge on any atom is -0.543 e. The van der Waals surface area contributed by atoms with Gasteiger partial charge in [0.1, 0.15) is 34.6 Å². The average Bonchev–Trinajstić information content (AvgIpc) is 3.61. The van der Waals surface area contributed by atoms with Crippen molar-refractivity contribution in [2.24, 2.45) is 10.1 Å². The van der Waals surface area contributed by atoms with Crippen LogP contribution in [0.2, 0.25) is 0 Å². The van der Waals surface area contributed by atoms with E-state index in [1.807, 2.05) is 34.5 Å². The lowest BCUT2D eigenvalue weighted by Crippen LogP contribution is -2.71. The summed E-state index contributed by atoms with van der Waals surface area (Å²) in [4.78, 5) is 47.2. The highest BCUT2D eigenvalue weighted by Crippen LogP contribution is 2.42. The number of anilines is 1. The standard InChI is InChI=1S/C22H18N10O5S4/c23-22-27-17(29-41-22)14(28-37)18(33)26-15-19(34)32-16(21(35)36)10(8-40-20(15)32)7-38-13-6-24-11(9-39-13)30-4-5-31-12(30)2-1-3-25-31/h1-6,9,13,15,20H,7-8H2,(H4-,23,26,27,29,33,35,36,37)/t13?,15-,20?/m1/s1. The Bertz CT molecular complexity index is 1700. The number of aliphatic imine (C=N–C) groups is 1. The molecular weight excluding hydrogens is 613 g/mol. The predicted octanol–water partition coefficient (Wildman–Crippen LogP) is -1.03. The number of nitrogens with one attached hydrogen (secondary N) is 1. The first kappa shape index (κ1) is 27.2. The molecule has 3 aromatic heterocycles. The number of amides is 2. The molecule has 0 radical (unpaired) electrons. The number of carboxylic acids is 1. The van der Waals surface area contributed by atoms with Crippen molar-refractivity contribution in [3.05, 3.63) is 53.2 Å². The van der Waals surface area contributed by atoms with Gasteiger partial charge >= 0.3 is 0 Å². The molecule has 0 saturated carbocycles. The summed E-state index contributed by atoms with van der Waals surface area (Å²) in [7, 11) is 0. The van der Waals surface area contributed by atoms with Crippen molar-refractivity contribution < 1.29 is 29.3 Å². The van der Waals surface area contributed by atoms with E-state index in [9.17, 15) is 24.7 Å². The summed E-state index contributed by atoms with van der Waals surface area (Å²) in [5.74, 6) is -1.79. The Hall–Kier alpha value is -3.94. The van der Waals surface area contributed by atoms with E-state index >= 15 is 0 Å². The van der Waals surface area contributed by atoms with Crippen LogP contribution in [0.25, 0.3) is 11.5 Å². The molecule has 6 heterocycles. The van der Waals surface area contributed by atoms with E-state index in [-0.39, 0.29) is 21.2 Å². The van der Waals surface area contributed by atoms with Gasteiger partial charge in [-0.05, 0) is 11.6 Å². The van der Waals surface area contributed by atoms with Crippen molar-refractivity contribution in [1.82, 2.24) is 29.2 Å². The molecule has 15 nitrogen and oxygen atoms in total. The molecule has 3 aromatic rings. The van der Waals surface area contributed by atoms with E-state index in [1.54, 1.807) is 16.9 Å². The second kappa shape index (κ2) is 11.1. The number of carbonyl (C=O) groups is 3. The Labute approximate surface area is 247 Å². The molecule has 6 rings (SSSR count). The Morgan fingerprint density at radius 1 is 1.39 bits per heavy atom. The number of imidazole rings is 1. The Balaban J connectivity index is 1.10. The molecule has 3 aliphatic rings. The van der Waals surface area contributed by atoms with Crippen LogP contribution in [0, 0.1) is 0 Å². The summed E-state index contributed by atoms with van der Waals surface area (Å²) in [5.41, 5.74) is 6.21. The van der Waals surface area contributed by atoms with Gasteiger partial charge in [-0.25, -0.2) is 0 Å². The lowest BCUT2D eigenvalue weighted by Gasteiger charge is -2.50. The minimum atomic E-state index is -1.47. The van der Waals surface area contributed by atoms with E-state index in [2.05, 4.69) is 29.9 Å². The lowest BCUT2D eigenvalue weighted by atomic mass is 10.0. The molecule has 3 aliphatic heterocycles. The quantitative estimate of drug-likeness (QED) is 0.0898. The molecule has 2 unspecified atom stereocenters. The third-order valence-corrected chi connectivity index (χ3v) is 10.5. The maximum absolute atomic E-state index is 13.0. The normalized spacial score (nSPS) is 22.4. The van der Waals surface area contributed by atoms with Gasteiger partial charge in [-0.2, -0.15) is 13.9 Å². The number of fused-ring (bicyclic) bond motifs is 2. The number of nitrogen functional groups attached to an aromatic ring is 1. The average molecular weight is 631 g/mol. The number of aromatic nitrogens is 5. The fourth-order valence-electron chi connectivity index (χ4n) is 4.31. The summed E-state index contributed by atoms with van der Waals surface area (Å²) < 4.78 is 7.41. The molecule has 41 heavy (non-hydrogen) atoms. The smallest absolute Gasteiger partial charge is 0.278 e. The van der Waals surface area contributed by atoms with Crippen molar-refractivity contribution in [2.75, 3.05) is 17.2 Å². The van der Waals surface area contributed by atoms with Gasteiger partial charge in [0.15, 0.2) is 5.13 Å². The van der Waals surface area contributed by atoms with Gasteiger partial charge in [0.05, 0.1) is 17.9 Å². The molecule has 19 heteroatoms. The van der Waals surface area contributed by atoms with Crippen LogP contribution in [0.3, 0.4) is 0 Å². The summed E-state index contributed by atoms with van der Waals surface area (Å²) in [6.45, 7) is 0. The second-order valence-electron chi connectivity index (χ2n) is 8.57. The number of carboxylic acid groups (broad SMARTS) is 1. The number of carbonyl (C=O) groups excluding carboxylic acids is 3. The van der Waals surface area contributed by atoms with Crippen molar-refractivity contribution in [2.45, 2.75) is 16.0 Å². The number of β-lactam (4-membered cyclic amide) rings is 1. The summed E-state index contributed by atoms with van der Waals surface area (Å²) >= 11 is 5.14. The van der Waals surface area contributed by atoms with Crippen LogP contribution in [0.5, 0.6) is 0 Å². The Kier molecular flexibility index (Phi) is 7.41. The highest BCUT2D eigenvalue weighted by molar-refractivity contribution is 8.19. The van der Waals surface area contributed by atoms with Crippen LogP contribution >= 0.6 is 46.8 Å². The number of thioether (sulfide) groups is 3. The first-order valence-electron chi connectivity index (χ1n) is 11.7. The van der Waals surface area contributed by atoms with Crippen molar-refractivity contribution >= 4 is 93.1 Å². The van der Waals surface area contributed by atoms with Crippen LogP contribution in [0.4, 0.5) is 5.13 Å². The van der Waals surface area contributed by atoms with Crippen molar-refractivity contribution in [3.8, 4) is 0 Å². The van der Waals surface area contributed by atoms with Crippen LogP contribution in [-0.4, -0.2) is 86.3 Å². The molecule has 4 N–H and O–H groups in total. The van der Waals surface area contributed by atoms with Crippen molar-refractivity contribution in [1.29, 1.82) is 0 Å². The zero-order valence-corrected chi connectivity index (χ0v) is 23.8. The number of hydrogen-bond donors (Lipinski definition) is 3. The minimum absolute atomic E-state index is 0.0670. The third-order valence-electron chi connectivity index (χ3n) is 6.16. The number of aliphatic carboxylic acids is 1. The van der Waals surface area contributed by atoms with Crippen LogP contribution in [0.1, 0.15) is 5.82 Å². The van der Waals surface area contributed by atoms with E-state index in [0.717, 1.165) is 27.9 Å². The molecule has 0 aliphatic carbocycles. The number of hydrogen-bond acceptors (Lipinski definition) is 15. The fraction of sp³-hybridized carbons (Fsp3) is 0.227. The molecule has 0 aromatic carbocycles. The summed E-state index contributed by atoms with van der Waals surface area (Å²) in [5, 5.41) is 32.4. The second-order valence-corrected chi connectivity index (χ2v) is 12.9. The monoisotopic (exact) mass is 630 g/mol. The summed E-state index contributed by atoms with van der Waals surface area (Å²) in [6, 6.07) is 2.74. The molecule has 0 bridgehead atoms. The van der Waals surface area contributed by atoms with Gasteiger partial charge < -0.3 is 26.2 Å². The molecule has 210 valence electrons. The largest absolute Gasteiger partial charge is 0.543 e. The van der Waals surface area contributed by atoms with Crippen LogP contribution < -0.4 is 20.7 Å². The van der Waals surface area contributed by atoms with Gasteiger partial charge in [-0.15, -0.1) is 49.9 Å². The molecule has 1 saturated heterocycles. The van der Waals surface area contributed by atoms with Gasteiger partial charge in [0.2, 0.25) is 11.5 Å².